The fraction of sp³-hybridized carbons (Fsp3) is 0.400. The number of rotatable bonds is 3. The molecule has 0 N–H and O–H groups in total. The normalized spacial score (nSPS) is 11.1. The van der Waals surface area contributed by atoms with Crippen LogP contribution in [0.3, 0.4) is 0 Å². The van der Waals surface area contributed by atoms with Crippen molar-refractivity contribution < 1.29 is 4.74 Å². The highest BCUT2D eigenvalue weighted by molar-refractivity contribution is 5.38. The molecule has 0 aliphatic rings. The fourth-order valence-corrected chi connectivity index (χ4v) is 1.14. The van der Waals surface area contributed by atoms with Gasteiger partial charge in [0.15, 0.2) is 5.65 Å². The highest BCUT2D eigenvalue weighted by atomic mass is 16.5. The molecule has 0 atom stereocenters. The molecule has 0 saturated carbocycles. The van der Waals surface area contributed by atoms with Crippen molar-refractivity contribution in [3.8, 4) is 5.88 Å². The van der Waals surface area contributed by atoms with Crippen molar-refractivity contribution in [3.05, 3.63) is 24.8 Å². The summed E-state index contributed by atoms with van der Waals surface area (Å²) in [5.74, 6) is 1.17. The molecule has 4 heteroatoms. The molecule has 0 aliphatic heterocycles. The lowest BCUT2D eigenvalue weighted by Crippen LogP contribution is -2.04. The van der Waals surface area contributed by atoms with Crippen LogP contribution in [0.4, 0.5) is 0 Å². The van der Waals surface area contributed by atoms with Gasteiger partial charge < -0.3 is 9.14 Å². The zero-order valence-electron chi connectivity index (χ0n) is 8.34. The molecule has 2 aromatic heterocycles. The minimum atomic E-state index is 0.512. The Morgan fingerprint density at radius 2 is 2.36 bits per heavy atom. The third-order valence-electron chi connectivity index (χ3n) is 1.81. The van der Waals surface area contributed by atoms with E-state index in [4.69, 9.17) is 4.74 Å². The van der Waals surface area contributed by atoms with Crippen LogP contribution in [-0.4, -0.2) is 21.0 Å². The van der Waals surface area contributed by atoms with E-state index in [0.717, 1.165) is 5.65 Å². The Bertz CT molecular complexity index is 389. The second kappa shape index (κ2) is 3.65. The van der Waals surface area contributed by atoms with Gasteiger partial charge in [0.25, 0.3) is 0 Å². The summed E-state index contributed by atoms with van der Waals surface area (Å²) in [5.41, 5.74) is 0.811. The van der Waals surface area contributed by atoms with Gasteiger partial charge in [-0.1, -0.05) is 13.8 Å². The Morgan fingerprint density at radius 1 is 1.50 bits per heavy atom. The SMILES string of the molecule is CC(C)COc1cn2ccncc2n1. The van der Waals surface area contributed by atoms with Crippen molar-refractivity contribution in [3.63, 3.8) is 0 Å². The van der Waals surface area contributed by atoms with E-state index < -0.39 is 0 Å². The molecule has 0 fully saturated rings. The Balaban J connectivity index is 2.19. The Hall–Kier alpha value is -1.58. The maximum absolute atomic E-state index is 5.49. The van der Waals surface area contributed by atoms with Crippen molar-refractivity contribution in [1.82, 2.24) is 14.4 Å². The molecule has 0 radical (unpaired) electrons. The van der Waals surface area contributed by atoms with Gasteiger partial charge >= 0.3 is 0 Å². The number of hydrogen-bond donors (Lipinski definition) is 0. The van der Waals surface area contributed by atoms with Gasteiger partial charge in [-0.3, -0.25) is 4.98 Å². The second-order valence-corrected chi connectivity index (χ2v) is 3.63. The molecule has 0 bridgehead atoms. The molecular weight excluding hydrogens is 178 g/mol. The Morgan fingerprint density at radius 3 is 3.07 bits per heavy atom. The maximum atomic E-state index is 5.49. The van der Waals surface area contributed by atoms with Crippen LogP contribution in [0.25, 0.3) is 5.65 Å². The average Bonchev–Trinajstić information content (AvgIpc) is 2.57. The van der Waals surface area contributed by atoms with E-state index in [1.165, 1.54) is 0 Å². The predicted molar refractivity (Wildman–Crippen MR) is 53.3 cm³/mol. The molecule has 0 amide bonds. The first-order chi connectivity index (χ1) is 6.75. The third-order valence-corrected chi connectivity index (χ3v) is 1.81. The highest BCUT2D eigenvalue weighted by Gasteiger charge is 2.02. The molecule has 0 spiro atoms. The van der Waals surface area contributed by atoms with Gasteiger partial charge in [0.2, 0.25) is 5.88 Å². The van der Waals surface area contributed by atoms with E-state index in [0.29, 0.717) is 18.4 Å². The van der Waals surface area contributed by atoms with Gasteiger partial charge in [0.05, 0.1) is 19.0 Å². The highest BCUT2D eigenvalue weighted by Crippen LogP contribution is 2.11. The number of aromatic nitrogens is 3. The minimum Gasteiger partial charge on any atom is -0.476 e. The van der Waals surface area contributed by atoms with E-state index in [-0.39, 0.29) is 0 Å². The van der Waals surface area contributed by atoms with Gasteiger partial charge in [-0.25, -0.2) is 0 Å². The molecule has 0 unspecified atom stereocenters. The quantitative estimate of drug-likeness (QED) is 0.742. The minimum absolute atomic E-state index is 0.512. The summed E-state index contributed by atoms with van der Waals surface area (Å²) in [7, 11) is 0. The van der Waals surface area contributed by atoms with Crippen molar-refractivity contribution in [2.24, 2.45) is 5.92 Å². The van der Waals surface area contributed by atoms with E-state index in [1.807, 2.05) is 16.8 Å². The van der Waals surface area contributed by atoms with Crippen LogP contribution in [-0.2, 0) is 0 Å². The van der Waals surface area contributed by atoms with Gasteiger partial charge in [-0.05, 0) is 5.92 Å². The Labute approximate surface area is 82.6 Å². The van der Waals surface area contributed by atoms with Gasteiger partial charge in [0.1, 0.15) is 0 Å². The van der Waals surface area contributed by atoms with Crippen molar-refractivity contribution in [2.75, 3.05) is 6.61 Å². The third kappa shape index (κ3) is 1.84. The van der Waals surface area contributed by atoms with Gasteiger partial charge in [-0.2, -0.15) is 4.98 Å². The molecule has 2 aromatic rings. The number of hydrogen-bond acceptors (Lipinski definition) is 3. The lowest BCUT2D eigenvalue weighted by Gasteiger charge is -2.03. The molecular formula is C10H13N3O. The van der Waals surface area contributed by atoms with E-state index in [9.17, 15) is 0 Å². The first kappa shape index (κ1) is 8.99. The number of nitrogens with zero attached hydrogens (tertiary/aromatic N) is 3. The fourth-order valence-electron chi connectivity index (χ4n) is 1.14. The summed E-state index contributed by atoms with van der Waals surface area (Å²) in [4.78, 5) is 8.25. The summed E-state index contributed by atoms with van der Waals surface area (Å²) in [6.45, 7) is 4.91. The summed E-state index contributed by atoms with van der Waals surface area (Å²) in [5, 5.41) is 0. The first-order valence-electron chi connectivity index (χ1n) is 4.67. The summed E-state index contributed by atoms with van der Waals surface area (Å²) >= 11 is 0. The van der Waals surface area contributed by atoms with E-state index >= 15 is 0 Å². The molecule has 0 aromatic carbocycles. The topological polar surface area (TPSA) is 39.4 Å². The first-order valence-corrected chi connectivity index (χ1v) is 4.67. The van der Waals surface area contributed by atoms with E-state index in [1.54, 1.807) is 12.4 Å². The Kier molecular flexibility index (Phi) is 2.35. The van der Waals surface area contributed by atoms with Crippen molar-refractivity contribution in [2.45, 2.75) is 13.8 Å². The zero-order chi connectivity index (χ0) is 9.97. The standard InChI is InChI=1S/C10H13N3O/c1-8(2)7-14-10-6-13-4-3-11-5-9(13)12-10/h3-6,8H,7H2,1-2H3. The van der Waals surface area contributed by atoms with Gasteiger partial charge in [0, 0.05) is 12.4 Å². The molecule has 4 nitrogen and oxygen atoms in total. The summed E-state index contributed by atoms with van der Waals surface area (Å²) in [6.07, 6.45) is 7.15. The molecule has 2 rings (SSSR count). The number of ether oxygens (including phenoxy) is 1. The smallest absolute Gasteiger partial charge is 0.232 e. The number of fused-ring (bicyclic) bond motifs is 1. The average molecular weight is 191 g/mol. The lowest BCUT2D eigenvalue weighted by atomic mass is 10.2. The van der Waals surface area contributed by atoms with Crippen LogP contribution in [0.15, 0.2) is 24.8 Å². The van der Waals surface area contributed by atoms with Crippen LogP contribution in [0.5, 0.6) is 5.88 Å². The molecule has 2 heterocycles. The maximum Gasteiger partial charge on any atom is 0.232 e. The van der Waals surface area contributed by atoms with Gasteiger partial charge in [-0.15, -0.1) is 0 Å². The molecule has 14 heavy (non-hydrogen) atoms. The van der Waals surface area contributed by atoms with Crippen LogP contribution >= 0.6 is 0 Å². The van der Waals surface area contributed by atoms with Crippen LogP contribution in [0.2, 0.25) is 0 Å². The summed E-state index contributed by atoms with van der Waals surface area (Å²) < 4.78 is 7.38. The van der Waals surface area contributed by atoms with E-state index in [2.05, 4.69) is 23.8 Å². The second-order valence-electron chi connectivity index (χ2n) is 3.63. The monoisotopic (exact) mass is 191 g/mol. The van der Waals surface area contributed by atoms with Crippen molar-refractivity contribution in [1.29, 1.82) is 0 Å². The van der Waals surface area contributed by atoms with Crippen LogP contribution < -0.4 is 4.74 Å². The van der Waals surface area contributed by atoms with Crippen LogP contribution in [0.1, 0.15) is 13.8 Å². The molecule has 0 aliphatic carbocycles. The summed E-state index contributed by atoms with van der Waals surface area (Å²) in [6, 6.07) is 0. The number of imidazole rings is 1. The molecule has 0 saturated heterocycles. The zero-order valence-corrected chi connectivity index (χ0v) is 8.34. The lowest BCUT2D eigenvalue weighted by molar-refractivity contribution is 0.263. The van der Waals surface area contributed by atoms with Crippen LogP contribution in [0, 0.1) is 5.92 Å². The molecule has 74 valence electrons. The van der Waals surface area contributed by atoms with Crippen molar-refractivity contribution >= 4 is 5.65 Å². The largest absolute Gasteiger partial charge is 0.476 e. The predicted octanol–water partition coefficient (Wildman–Crippen LogP) is 1.76.